The highest BCUT2D eigenvalue weighted by Crippen LogP contribution is 2.27. The van der Waals surface area contributed by atoms with E-state index >= 15 is 0 Å². The van der Waals surface area contributed by atoms with Gasteiger partial charge in [0.1, 0.15) is 0 Å². The van der Waals surface area contributed by atoms with E-state index in [9.17, 15) is 4.79 Å². The van der Waals surface area contributed by atoms with E-state index in [1.807, 2.05) is 0 Å². The smallest absolute Gasteiger partial charge is 0.319 e. The summed E-state index contributed by atoms with van der Waals surface area (Å²) in [6, 6.07) is 4.79. The van der Waals surface area contributed by atoms with Crippen LogP contribution in [0.1, 0.15) is 12.8 Å². The van der Waals surface area contributed by atoms with Crippen LogP contribution in [0.15, 0.2) is 18.2 Å². The SMILES string of the molecule is O=C(NCC1CC1)Nc1ccc(Cl)c(Cl)c1. The molecule has 0 atom stereocenters. The third-order valence-electron chi connectivity index (χ3n) is 2.43. The standard InChI is InChI=1S/C11H12Cl2N2O/c12-9-4-3-8(5-10(9)13)15-11(16)14-6-7-1-2-7/h3-5,7H,1-2,6H2,(H2,14,15,16). The van der Waals surface area contributed by atoms with Crippen molar-refractivity contribution in [1.29, 1.82) is 0 Å². The van der Waals surface area contributed by atoms with Crippen LogP contribution >= 0.6 is 23.2 Å². The van der Waals surface area contributed by atoms with Crippen LogP contribution < -0.4 is 10.6 Å². The number of hydrogen-bond acceptors (Lipinski definition) is 1. The van der Waals surface area contributed by atoms with Crippen molar-refractivity contribution in [2.45, 2.75) is 12.8 Å². The highest BCUT2D eigenvalue weighted by Gasteiger charge is 2.21. The van der Waals surface area contributed by atoms with Gasteiger partial charge in [-0.15, -0.1) is 0 Å². The number of carbonyl (C=O) groups excluding carboxylic acids is 1. The Labute approximate surface area is 104 Å². The molecule has 1 aliphatic rings. The summed E-state index contributed by atoms with van der Waals surface area (Å²) in [7, 11) is 0. The number of amides is 2. The van der Waals surface area contributed by atoms with E-state index < -0.39 is 0 Å². The quantitative estimate of drug-likeness (QED) is 0.856. The van der Waals surface area contributed by atoms with Gasteiger partial charge in [-0.2, -0.15) is 0 Å². The summed E-state index contributed by atoms with van der Waals surface area (Å²) in [6.07, 6.45) is 2.43. The molecule has 2 rings (SSSR count). The van der Waals surface area contributed by atoms with Crippen molar-refractivity contribution in [3.63, 3.8) is 0 Å². The monoisotopic (exact) mass is 258 g/mol. The molecule has 1 aromatic carbocycles. The van der Waals surface area contributed by atoms with Gasteiger partial charge in [-0.25, -0.2) is 4.79 Å². The van der Waals surface area contributed by atoms with E-state index in [4.69, 9.17) is 23.2 Å². The Hall–Kier alpha value is -0.930. The van der Waals surface area contributed by atoms with E-state index in [1.165, 1.54) is 12.8 Å². The van der Waals surface area contributed by atoms with Gasteiger partial charge in [0.05, 0.1) is 10.0 Å². The fourth-order valence-electron chi connectivity index (χ4n) is 1.31. The lowest BCUT2D eigenvalue weighted by Crippen LogP contribution is -2.30. The first-order valence-corrected chi connectivity index (χ1v) is 5.90. The first-order chi connectivity index (χ1) is 7.65. The molecular weight excluding hydrogens is 247 g/mol. The molecule has 0 saturated heterocycles. The average molecular weight is 259 g/mol. The fourth-order valence-corrected chi connectivity index (χ4v) is 1.61. The van der Waals surface area contributed by atoms with Crippen LogP contribution in [-0.4, -0.2) is 12.6 Å². The Morgan fingerprint density at radius 2 is 2.06 bits per heavy atom. The molecule has 2 N–H and O–H groups in total. The molecule has 0 aliphatic heterocycles. The lowest BCUT2D eigenvalue weighted by molar-refractivity contribution is 0.251. The number of hydrogen-bond donors (Lipinski definition) is 2. The number of halogens is 2. The van der Waals surface area contributed by atoms with E-state index in [1.54, 1.807) is 18.2 Å². The minimum atomic E-state index is -0.203. The number of benzene rings is 1. The molecule has 86 valence electrons. The van der Waals surface area contributed by atoms with Gasteiger partial charge in [0, 0.05) is 12.2 Å². The predicted octanol–water partition coefficient (Wildman–Crippen LogP) is 3.52. The lowest BCUT2D eigenvalue weighted by Gasteiger charge is -2.07. The van der Waals surface area contributed by atoms with Crippen LogP contribution in [0.5, 0.6) is 0 Å². The summed E-state index contributed by atoms with van der Waals surface area (Å²) in [5.74, 6) is 0.666. The Morgan fingerprint density at radius 3 is 2.69 bits per heavy atom. The minimum Gasteiger partial charge on any atom is -0.338 e. The molecule has 0 heterocycles. The van der Waals surface area contributed by atoms with Crippen LogP contribution in [0.4, 0.5) is 10.5 Å². The van der Waals surface area contributed by atoms with Gasteiger partial charge in [0.2, 0.25) is 0 Å². The molecule has 2 amide bonds. The second-order valence-electron chi connectivity index (χ2n) is 3.91. The van der Waals surface area contributed by atoms with Gasteiger partial charge < -0.3 is 10.6 Å². The average Bonchev–Trinajstić information content (AvgIpc) is 3.04. The highest BCUT2D eigenvalue weighted by molar-refractivity contribution is 6.42. The summed E-state index contributed by atoms with van der Waals surface area (Å²) in [4.78, 5) is 11.4. The molecule has 0 radical (unpaired) electrons. The van der Waals surface area contributed by atoms with Crippen molar-refractivity contribution in [2.24, 2.45) is 5.92 Å². The van der Waals surface area contributed by atoms with Gasteiger partial charge in [-0.3, -0.25) is 0 Å². The molecule has 0 aromatic heterocycles. The van der Waals surface area contributed by atoms with Crippen molar-refractivity contribution in [2.75, 3.05) is 11.9 Å². The second kappa shape index (κ2) is 4.93. The van der Waals surface area contributed by atoms with Crippen molar-refractivity contribution >= 4 is 34.9 Å². The topological polar surface area (TPSA) is 41.1 Å². The highest BCUT2D eigenvalue weighted by atomic mass is 35.5. The summed E-state index contributed by atoms with van der Waals surface area (Å²) in [6.45, 7) is 0.743. The number of urea groups is 1. The van der Waals surface area contributed by atoms with E-state index in [-0.39, 0.29) is 6.03 Å². The Morgan fingerprint density at radius 1 is 1.31 bits per heavy atom. The summed E-state index contributed by atoms with van der Waals surface area (Å²) < 4.78 is 0. The molecule has 0 unspecified atom stereocenters. The molecule has 0 spiro atoms. The first kappa shape index (κ1) is 11.6. The molecule has 0 bridgehead atoms. The van der Waals surface area contributed by atoms with Gasteiger partial charge in [0.25, 0.3) is 0 Å². The van der Waals surface area contributed by atoms with Crippen LogP contribution in [0.3, 0.4) is 0 Å². The fraction of sp³-hybridized carbons (Fsp3) is 0.364. The number of anilines is 1. The molecule has 3 nitrogen and oxygen atoms in total. The van der Waals surface area contributed by atoms with Crippen LogP contribution in [0.25, 0.3) is 0 Å². The van der Waals surface area contributed by atoms with Gasteiger partial charge in [-0.1, -0.05) is 23.2 Å². The molecule has 1 fully saturated rings. The largest absolute Gasteiger partial charge is 0.338 e. The number of rotatable bonds is 3. The molecule has 1 aromatic rings. The molecule has 1 saturated carbocycles. The van der Waals surface area contributed by atoms with Crippen LogP contribution in [0, 0.1) is 5.92 Å². The lowest BCUT2D eigenvalue weighted by atomic mass is 10.3. The zero-order valence-corrected chi connectivity index (χ0v) is 10.1. The maximum Gasteiger partial charge on any atom is 0.319 e. The third-order valence-corrected chi connectivity index (χ3v) is 3.16. The maximum absolute atomic E-state index is 11.4. The Balaban J connectivity index is 1.86. The molecule has 5 heteroatoms. The van der Waals surface area contributed by atoms with Crippen molar-refractivity contribution in [1.82, 2.24) is 5.32 Å². The van der Waals surface area contributed by atoms with Crippen molar-refractivity contribution in [3.8, 4) is 0 Å². The molecular formula is C11H12Cl2N2O. The van der Waals surface area contributed by atoms with Crippen molar-refractivity contribution < 1.29 is 4.79 Å². The summed E-state index contributed by atoms with van der Waals surface area (Å²) in [5.41, 5.74) is 0.641. The van der Waals surface area contributed by atoms with Crippen LogP contribution in [-0.2, 0) is 0 Å². The zero-order chi connectivity index (χ0) is 11.5. The summed E-state index contributed by atoms with van der Waals surface area (Å²) in [5, 5.41) is 6.41. The van der Waals surface area contributed by atoms with E-state index in [2.05, 4.69) is 10.6 Å². The Kier molecular flexibility index (Phi) is 3.56. The molecule has 16 heavy (non-hydrogen) atoms. The van der Waals surface area contributed by atoms with E-state index in [0.29, 0.717) is 21.7 Å². The number of nitrogens with one attached hydrogen (secondary N) is 2. The zero-order valence-electron chi connectivity index (χ0n) is 8.59. The first-order valence-electron chi connectivity index (χ1n) is 5.15. The predicted molar refractivity (Wildman–Crippen MR) is 66.2 cm³/mol. The minimum absolute atomic E-state index is 0.203. The normalized spacial score (nSPS) is 14.6. The molecule has 1 aliphatic carbocycles. The maximum atomic E-state index is 11.4. The van der Waals surface area contributed by atoms with Crippen molar-refractivity contribution in [3.05, 3.63) is 28.2 Å². The number of carbonyl (C=O) groups is 1. The Bertz CT molecular complexity index is 405. The van der Waals surface area contributed by atoms with Crippen LogP contribution in [0.2, 0.25) is 10.0 Å². The third kappa shape index (κ3) is 3.29. The van der Waals surface area contributed by atoms with Gasteiger partial charge in [-0.05, 0) is 37.0 Å². The van der Waals surface area contributed by atoms with E-state index in [0.717, 1.165) is 6.54 Å². The van der Waals surface area contributed by atoms with Gasteiger partial charge >= 0.3 is 6.03 Å². The van der Waals surface area contributed by atoms with Gasteiger partial charge in [0.15, 0.2) is 0 Å². The second-order valence-corrected chi connectivity index (χ2v) is 4.72. The summed E-state index contributed by atoms with van der Waals surface area (Å²) >= 11 is 11.6.